The number of hydrogen-bond donors (Lipinski definition) is 2. The van der Waals surface area contributed by atoms with E-state index in [2.05, 4.69) is 84.4 Å². The van der Waals surface area contributed by atoms with Crippen molar-refractivity contribution in [2.75, 3.05) is 6.54 Å². The molecule has 6 heteroatoms. The number of aryl methyl sites for hydroxylation is 2. The highest BCUT2D eigenvalue weighted by Crippen LogP contribution is 2.22. The first-order valence-electron chi connectivity index (χ1n) is 12.2. The lowest BCUT2D eigenvalue weighted by Crippen LogP contribution is -2.36. The van der Waals surface area contributed by atoms with Gasteiger partial charge in [-0.25, -0.2) is 0 Å². The summed E-state index contributed by atoms with van der Waals surface area (Å²) in [5.41, 5.74) is 7.59. The fourth-order valence-corrected chi connectivity index (χ4v) is 4.62. The second-order valence-corrected chi connectivity index (χ2v) is 9.32. The van der Waals surface area contributed by atoms with Crippen molar-refractivity contribution >= 4 is 16.9 Å². The molecule has 6 nitrogen and oxygen atoms in total. The van der Waals surface area contributed by atoms with Crippen LogP contribution < -0.4 is 10.9 Å². The zero-order chi connectivity index (χ0) is 25.1. The first kappa shape index (κ1) is 23.4. The van der Waals surface area contributed by atoms with Gasteiger partial charge in [-0.15, -0.1) is 0 Å². The Balaban J connectivity index is 1.54. The number of nitrogens with zero attached hydrogens (tertiary/aromatic N) is 2. The molecule has 0 aliphatic rings. The van der Waals surface area contributed by atoms with Crippen molar-refractivity contribution in [2.45, 2.75) is 32.9 Å². The lowest BCUT2D eigenvalue weighted by atomic mass is 10.0. The summed E-state index contributed by atoms with van der Waals surface area (Å²) in [6.07, 6.45) is 3.62. The molecule has 1 atom stereocenters. The minimum Gasteiger partial charge on any atom is -0.472 e. The zero-order valence-corrected chi connectivity index (χ0v) is 20.6. The zero-order valence-electron chi connectivity index (χ0n) is 20.6. The Morgan fingerprint density at radius 3 is 2.17 bits per heavy atom. The van der Waals surface area contributed by atoms with Gasteiger partial charge in [0, 0.05) is 6.54 Å². The number of carbonyl (C=O) groups excluding carboxylic acids is 1. The number of fused-ring (bicyclic) bond motifs is 1. The van der Waals surface area contributed by atoms with Gasteiger partial charge in [-0.05, 0) is 49.6 Å². The van der Waals surface area contributed by atoms with Crippen molar-refractivity contribution in [1.29, 1.82) is 5.41 Å². The van der Waals surface area contributed by atoms with E-state index in [9.17, 15) is 10.2 Å². The Morgan fingerprint density at radius 1 is 0.889 bits per heavy atom. The summed E-state index contributed by atoms with van der Waals surface area (Å²) in [6.45, 7) is 5.13. The summed E-state index contributed by atoms with van der Waals surface area (Å²) in [5, 5.41) is 12.3. The number of furan rings is 1. The molecule has 0 saturated heterocycles. The average Bonchev–Trinajstić information content (AvgIpc) is 3.52. The van der Waals surface area contributed by atoms with Crippen LogP contribution in [-0.2, 0) is 13.0 Å². The molecule has 0 fully saturated rings. The number of imidazole rings is 1. The predicted molar refractivity (Wildman–Crippen MR) is 141 cm³/mol. The van der Waals surface area contributed by atoms with E-state index in [0.29, 0.717) is 30.7 Å². The van der Waals surface area contributed by atoms with Gasteiger partial charge in [0.2, 0.25) is 5.62 Å². The second-order valence-electron chi connectivity index (χ2n) is 9.32. The van der Waals surface area contributed by atoms with Crippen molar-refractivity contribution in [3.8, 4) is 0 Å². The van der Waals surface area contributed by atoms with Crippen LogP contribution in [-0.4, -0.2) is 21.6 Å². The van der Waals surface area contributed by atoms with E-state index in [1.807, 2.05) is 16.7 Å². The monoisotopic (exact) mass is 478 g/mol. The standard InChI is InChI=1S/C30H30N4O2/c1-21-7-11-23(12-8-21)17-26(18-32-29(35)25-15-16-36-20-25)34-28-6-4-3-5-27(28)33(30(34)31)19-24-13-9-22(2)10-14-24/h3-16,20,26,31H,17-19H2,1-2H3,(H,32,35). The van der Waals surface area contributed by atoms with E-state index in [1.165, 1.54) is 23.7 Å². The van der Waals surface area contributed by atoms with Gasteiger partial charge in [-0.1, -0.05) is 71.8 Å². The number of aromatic nitrogens is 2. The molecule has 1 unspecified atom stereocenters. The fourth-order valence-electron chi connectivity index (χ4n) is 4.62. The third kappa shape index (κ3) is 4.89. The van der Waals surface area contributed by atoms with E-state index < -0.39 is 0 Å². The van der Waals surface area contributed by atoms with Crippen LogP contribution in [0.3, 0.4) is 0 Å². The number of rotatable bonds is 8. The Labute approximate surface area is 210 Å². The Kier molecular flexibility index (Phi) is 6.58. The van der Waals surface area contributed by atoms with Crippen LogP contribution in [0.5, 0.6) is 0 Å². The fraction of sp³-hybridized carbons (Fsp3) is 0.200. The summed E-state index contributed by atoms with van der Waals surface area (Å²) < 4.78 is 9.17. The van der Waals surface area contributed by atoms with Crippen LogP contribution in [0.25, 0.3) is 11.0 Å². The van der Waals surface area contributed by atoms with Crippen LogP contribution in [0.4, 0.5) is 0 Å². The lowest BCUT2D eigenvalue weighted by Gasteiger charge is -2.21. The first-order valence-corrected chi connectivity index (χ1v) is 12.2. The molecule has 1 amide bonds. The third-order valence-corrected chi connectivity index (χ3v) is 6.62. The van der Waals surface area contributed by atoms with Crippen LogP contribution in [0, 0.1) is 19.3 Å². The van der Waals surface area contributed by atoms with Crippen LogP contribution >= 0.6 is 0 Å². The number of amides is 1. The third-order valence-electron chi connectivity index (χ3n) is 6.62. The molecule has 5 aromatic rings. The maximum absolute atomic E-state index is 12.7. The number of hydrogen-bond acceptors (Lipinski definition) is 3. The molecule has 0 radical (unpaired) electrons. The largest absolute Gasteiger partial charge is 0.472 e. The molecule has 0 saturated carbocycles. The van der Waals surface area contributed by atoms with Crippen molar-refractivity contribution in [2.24, 2.45) is 0 Å². The number of benzene rings is 3. The lowest BCUT2D eigenvalue weighted by molar-refractivity contribution is 0.0946. The molecule has 2 aromatic heterocycles. The van der Waals surface area contributed by atoms with Crippen LogP contribution in [0.15, 0.2) is 95.8 Å². The maximum atomic E-state index is 12.7. The molecule has 0 aliphatic heterocycles. The summed E-state index contributed by atoms with van der Waals surface area (Å²) in [6, 6.07) is 26.5. The normalized spacial score (nSPS) is 12.1. The Morgan fingerprint density at radius 2 is 1.53 bits per heavy atom. The van der Waals surface area contributed by atoms with Crippen molar-refractivity contribution in [3.05, 3.63) is 125 Å². The van der Waals surface area contributed by atoms with E-state index in [0.717, 1.165) is 22.2 Å². The Hall–Kier alpha value is -4.32. The number of nitrogens with one attached hydrogen (secondary N) is 2. The molecule has 5 rings (SSSR count). The highest BCUT2D eigenvalue weighted by atomic mass is 16.3. The second kappa shape index (κ2) is 10.1. The molecule has 0 bridgehead atoms. The van der Waals surface area contributed by atoms with Gasteiger partial charge in [-0.2, -0.15) is 0 Å². The minimum absolute atomic E-state index is 0.153. The molecule has 2 N–H and O–H groups in total. The molecule has 0 aliphatic carbocycles. The minimum atomic E-state index is -0.187. The topological polar surface area (TPSA) is 76.0 Å². The highest BCUT2D eigenvalue weighted by molar-refractivity contribution is 5.93. The van der Waals surface area contributed by atoms with Gasteiger partial charge in [-0.3, -0.25) is 10.2 Å². The quantitative estimate of drug-likeness (QED) is 0.314. The van der Waals surface area contributed by atoms with Gasteiger partial charge in [0.25, 0.3) is 5.91 Å². The predicted octanol–water partition coefficient (Wildman–Crippen LogP) is 5.39. The SMILES string of the molecule is Cc1ccc(CC(CNC(=O)c2ccoc2)n2c(=N)n(Cc3ccc(C)cc3)c3ccccc32)cc1. The van der Waals surface area contributed by atoms with Gasteiger partial charge in [0.15, 0.2) is 0 Å². The smallest absolute Gasteiger partial charge is 0.254 e. The molecular weight excluding hydrogens is 448 g/mol. The Bertz CT molecular complexity index is 1530. The molecule has 2 heterocycles. The van der Waals surface area contributed by atoms with Crippen LogP contribution in [0.1, 0.15) is 38.7 Å². The first-order chi connectivity index (χ1) is 17.5. The average molecular weight is 479 g/mol. The van der Waals surface area contributed by atoms with Gasteiger partial charge in [0.1, 0.15) is 6.26 Å². The highest BCUT2D eigenvalue weighted by Gasteiger charge is 2.21. The summed E-state index contributed by atoms with van der Waals surface area (Å²) in [4.78, 5) is 12.7. The molecule has 3 aromatic carbocycles. The van der Waals surface area contributed by atoms with Gasteiger partial charge in [0.05, 0.1) is 35.4 Å². The van der Waals surface area contributed by atoms with E-state index in [1.54, 1.807) is 6.07 Å². The molecule has 0 spiro atoms. The molecular formula is C30H30N4O2. The van der Waals surface area contributed by atoms with Gasteiger partial charge >= 0.3 is 0 Å². The summed E-state index contributed by atoms with van der Waals surface area (Å²) in [5.74, 6) is -0.187. The number of para-hydroxylation sites is 2. The maximum Gasteiger partial charge on any atom is 0.254 e. The summed E-state index contributed by atoms with van der Waals surface area (Å²) in [7, 11) is 0. The van der Waals surface area contributed by atoms with Crippen molar-refractivity contribution in [3.63, 3.8) is 0 Å². The molecule has 36 heavy (non-hydrogen) atoms. The number of carbonyl (C=O) groups is 1. The summed E-state index contributed by atoms with van der Waals surface area (Å²) >= 11 is 0. The molecule has 182 valence electrons. The van der Waals surface area contributed by atoms with E-state index >= 15 is 0 Å². The van der Waals surface area contributed by atoms with Crippen molar-refractivity contribution < 1.29 is 9.21 Å². The van der Waals surface area contributed by atoms with Gasteiger partial charge < -0.3 is 18.9 Å². The van der Waals surface area contributed by atoms with Crippen LogP contribution in [0.2, 0.25) is 0 Å². The van der Waals surface area contributed by atoms with Crippen molar-refractivity contribution in [1.82, 2.24) is 14.5 Å². The van der Waals surface area contributed by atoms with E-state index in [-0.39, 0.29) is 11.9 Å². The van der Waals surface area contributed by atoms with E-state index in [4.69, 9.17) is 4.42 Å².